The molecular formula is C9H20O5. The molecule has 0 aromatic heterocycles. The number of aliphatic hydroxyl groups excluding tert-OH is 2. The fourth-order valence-electron chi connectivity index (χ4n) is 0.412. The van der Waals surface area contributed by atoms with Crippen molar-refractivity contribution >= 4 is 6.16 Å². The quantitative estimate of drug-likeness (QED) is 0.657. The number of rotatable bonds is 5. The Bertz CT molecular complexity index is 104. The Hall–Kier alpha value is -0.810. The number of ether oxygens (including phenoxy) is 2. The molecule has 0 bridgehead atoms. The lowest BCUT2D eigenvalue weighted by Crippen LogP contribution is -2.08. The van der Waals surface area contributed by atoms with Crippen LogP contribution in [0.1, 0.15) is 26.7 Å². The fourth-order valence-corrected chi connectivity index (χ4v) is 0.412. The molecule has 14 heavy (non-hydrogen) atoms. The second kappa shape index (κ2) is 14.7. The van der Waals surface area contributed by atoms with Crippen LogP contribution in [0.2, 0.25) is 0 Å². The number of hydrogen-bond acceptors (Lipinski definition) is 5. The molecule has 0 aliphatic heterocycles. The Labute approximate surface area is 84.6 Å². The summed E-state index contributed by atoms with van der Waals surface area (Å²) in [5.74, 6) is 0. The maximum atomic E-state index is 10.5. The van der Waals surface area contributed by atoms with Crippen LogP contribution in [0.25, 0.3) is 0 Å². The molecule has 5 nitrogen and oxygen atoms in total. The smallest absolute Gasteiger partial charge is 0.434 e. The Balaban J connectivity index is 0. The lowest BCUT2D eigenvalue weighted by molar-refractivity contribution is 0.0555. The molecule has 0 radical (unpaired) electrons. The van der Waals surface area contributed by atoms with E-state index in [1.165, 1.54) is 0 Å². The largest absolute Gasteiger partial charge is 0.508 e. The van der Waals surface area contributed by atoms with E-state index in [4.69, 9.17) is 10.2 Å². The van der Waals surface area contributed by atoms with Crippen molar-refractivity contribution in [3.05, 3.63) is 0 Å². The average molecular weight is 208 g/mol. The molecule has 0 atom stereocenters. The van der Waals surface area contributed by atoms with Crippen molar-refractivity contribution < 1.29 is 24.5 Å². The highest BCUT2D eigenvalue weighted by Crippen LogP contribution is 1.88. The molecule has 0 aromatic rings. The van der Waals surface area contributed by atoms with Gasteiger partial charge >= 0.3 is 6.16 Å². The zero-order valence-electron chi connectivity index (χ0n) is 8.86. The van der Waals surface area contributed by atoms with Gasteiger partial charge in [-0.2, -0.15) is 0 Å². The Morgan fingerprint density at radius 2 is 1.36 bits per heavy atom. The third kappa shape index (κ3) is 17.3. The van der Waals surface area contributed by atoms with Gasteiger partial charge in [0.1, 0.15) is 0 Å². The van der Waals surface area contributed by atoms with Crippen LogP contribution in [0.15, 0.2) is 0 Å². The van der Waals surface area contributed by atoms with E-state index in [0.717, 1.165) is 12.8 Å². The normalized spacial score (nSPS) is 8.57. The second-order valence-electron chi connectivity index (χ2n) is 2.39. The molecule has 0 fully saturated rings. The zero-order valence-corrected chi connectivity index (χ0v) is 8.86. The first-order valence-corrected chi connectivity index (χ1v) is 4.74. The van der Waals surface area contributed by atoms with Gasteiger partial charge in [0.2, 0.25) is 0 Å². The number of hydrogen-bond donors (Lipinski definition) is 2. The van der Waals surface area contributed by atoms with E-state index in [2.05, 4.69) is 9.47 Å². The predicted molar refractivity (Wildman–Crippen MR) is 52.1 cm³/mol. The highest BCUT2D eigenvalue weighted by molar-refractivity contribution is 5.59. The Morgan fingerprint density at radius 3 is 1.57 bits per heavy atom. The Kier molecular flexibility index (Phi) is 16.4. The van der Waals surface area contributed by atoms with Crippen LogP contribution in [-0.4, -0.2) is 42.8 Å². The van der Waals surface area contributed by atoms with Crippen LogP contribution in [0.3, 0.4) is 0 Å². The molecule has 0 aliphatic carbocycles. The lowest BCUT2D eigenvalue weighted by Gasteiger charge is -2.02. The molecular weight excluding hydrogens is 188 g/mol. The van der Waals surface area contributed by atoms with E-state index in [9.17, 15) is 4.79 Å². The monoisotopic (exact) mass is 208 g/mol. The average Bonchev–Trinajstić information content (AvgIpc) is 2.23. The summed E-state index contributed by atoms with van der Waals surface area (Å²) < 4.78 is 9.26. The summed E-state index contributed by atoms with van der Waals surface area (Å²) in [4.78, 5) is 10.5. The van der Waals surface area contributed by atoms with Crippen LogP contribution in [-0.2, 0) is 9.47 Å². The summed E-state index contributed by atoms with van der Waals surface area (Å²) in [6.45, 7) is 4.52. The van der Waals surface area contributed by atoms with Gasteiger partial charge in [0.05, 0.1) is 26.4 Å². The van der Waals surface area contributed by atoms with Crippen molar-refractivity contribution in [3.8, 4) is 0 Å². The minimum absolute atomic E-state index is 0.125. The van der Waals surface area contributed by atoms with Gasteiger partial charge in [0.25, 0.3) is 0 Å². The third-order valence-corrected chi connectivity index (χ3v) is 0.948. The molecule has 2 N–H and O–H groups in total. The maximum Gasteiger partial charge on any atom is 0.508 e. The van der Waals surface area contributed by atoms with Gasteiger partial charge in [-0.25, -0.2) is 4.79 Å². The SMILES string of the molecule is CCCOC(=O)OCCC.OCCO. The summed E-state index contributed by atoms with van der Waals surface area (Å²) in [5, 5.41) is 15.2. The van der Waals surface area contributed by atoms with Crippen molar-refractivity contribution in [2.24, 2.45) is 0 Å². The molecule has 0 saturated carbocycles. The standard InChI is InChI=1S/C7H14O3.C2H6O2/c1-3-5-9-7(8)10-6-4-2;3-1-2-4/h3-6H2,1-2H3;3-4H,1-2H2. The molecule has 0 amide bonds. The third-order valence-electron chi connectivity index (χ3n) is 0.948. The molecule has 0 aliphatic rings. The van der Waals surface area contributed by atoms with Crippen LogP contribution in [0.4, 0.5) is 4.79 Å². The van der Waals surface area contributed by atoms with E-state index < -0.39 is 6.16 Å². The fraction of sp³-hybridized carbons (Fsp3) is 0.889. The van der Waals surface area contributed by atoms with Crippen molar-refractivity contribution in [1.82, 2.24) is 0 Å². The van der Waals surface area contributed by atoms with Crippen LogP contribution < -0.4 is 0 Å². The topological polar surface area (TPSA) is 76.0 Å². The molecule has 0 aromatic carbocycles. The van der Waals surface area contributed by atoms with Crippen LogP contribution in [0.5, 0.6) is 0 Å². The molecule has 0 unspecified atom stereocenters. The first-order chi connectivity index (χ1) is 6.72. The highest BCUT2D eigenvalue weighted by Gasteiger charge is 1.99. The highest BCUT2D eigenvalue weighted by atomic mass is 16.7. The van der Waals surface area contributed by atoms with Gasteiger partial charge < -0.3 is 19.7 Å². The Morgan fingerprint density at radius 1 is 1.00 bits per heavy atom. The van der Waals surface area contributed by atoms with Crippen LogP contribution >= 0.6 is 0 Å². The lowest BCUT2D eigenvalue weighted by atomic mass is 10.5. The first-order valence-electron chi connectivity index (χ1n) is 4.74. The summed E-state index contributed by atoms with van der Waals surface area (Å²) in [6.07, 6.45) is 1.12. The van der Waals surface area contributed by atoms with Gasteiger partial charge in [-0.3, -0.25) is 0 Å². The van der Waals surface area contributed by atoms with Gasteiger partial charge in [0, 0.05) is 0 Å². The molecule has 0 saturated heterocycles. The first kappa shape index (κ1) is 15.7. The number of carbonyl (C=O) groups is 1. The van der Waals surface area contributed by atoms with E-state index in [1.54, 1.807) is 0 Å². The van der Waals surface area contributed by atoms with Crippen LogP contribution in [0, 0.1) is 0 Å². The molecule has 86 valence electrons. The van der Waals surface area contributed by atoms with Gasteiger partial charge in [-0.15, -0.1) is 0 Å². The molecule has 5 heteroatoms. The van der Waals surface area contributed by atoms with Gasteiger partial charge in [-0.1, -0.05) is 13.8 Å². The summed E-state index contributed by atoms with van der Waals surface area (Å²) in [6, 6.07) is 0. The predicted octanol–water partition coefficient (Wildman–Crippen LogP) is 0.931. The minimum atomic E-state index is -0.552. The number of aliphatic hydroxyl groups is 2. The summed E-state index contributed by atoms with van der Waals surface area (Å²) in [5.41, 5.74) is 0. The van der Waals surface area contributed by atoms with Crippen molar-refractivity contribution in [3.63, 3.8) is 0 Å². The van der Waals surface area contributed by atoms with E-state index in [0.29, 0.717) is 13.2 Å². The molecule has 0 heterocycles. The summed E-state index contributed by atoms with van der Waals surface area (Å²) >= 11 is 0. The van der Waals surface area contributed by atoms with Crippen molar-refractivity contribution in [1.29, 1.82) is 0 Å². The number of carbonyl (C=O) groups excluding carboxylic acids is 1. The zero-order chi connectivity index (χ0) is 11.2. The van der Waals surface area contributed by atoms with Crippen molar-refractivity contribution in [2.75, 3.05) is 26.4 Å². The van der Waals surface area contributed by atoms with Gasteiger partial charge in [0.15, 0.2) is 0 Å². The second-order valence-corrected chi connectivity index (χ2v) is 2.39. The van der Waals surface area contributed by atoms with E-state index in [-0.39, 0.29) is 13.2 Å². The van der Waals surface area contributed by atoms with Gasteiger partial charge in [-0.05, 0) is 12.8 Å². The molecule has 0 spiro atoms. The van der Waals surface area contributed by atoms with E-state index >= 15 is 0 Å². The van der Waals surface area contributed by atoms with Crippen molar-refractivity contribution in [2.45, 2.75) is 26.7 Å². The summed E-state index contributed by atoms with van der Waals surface area (Å²) in [7, 11) is 0. The molecule has 0 rings (SSSR count). The maximum absolute atomic E-state index is 10.5. The van der Waals surface area contributed by atoms with E-state index in [1.807, 2.05) is 13.8 Å². The minimum Gasteiger partial charge on any atom is -0.434 e.